The number of hydrogen-bond acceptors (Lipinski definition) is 35. The van der Waals surface area contributed by atoms with Crippen molar-refractivity contribution in [2.24, 2.45) is 4.99 Å². The number of aliphatic carboxylic acids is 1. The Kier molecular flexibility index (Phi) is 32.3. The number of ether oxygens (including phenoxy) is 12. The van der Waals surface area contributed by atoms with Crippen molar-refractivity contribution in [1.82, 2.24) is 10.6 Å². The molecule has 6 saturated heterocycles. The summed E-state index contributed by atoms with van der Waals surface area (Å²) in [6, 6.07) is -5.45. The zero-order valence-corrected chi connectivity index (χ0v) is 55.0. The molecule has 0 unspecified atom stereocenters. The average molecular weight is 1400 g/mol. The largest absolute Gasteiger partial charge is 1.00 e. The average Bonchev–Trinajstić information content (AvgIpc) is 0.764. The minimum absolute atomic E-state index is 0. The zero-order chi connectivity index (χ0) is 69.1. The van der Waals surface area contributed by atoms with E-state index < -0.39 is 263 Å². The second-order valence-electron chi connectivity index (χ2n) is 23.4. The number of aliphatic imine (C=N–C) groups is 1. The van der Waals surface area contributed by atoms with Gasteiger partial charge in [-0.1, -0.05) is 39.0 Å². The first-order valence-corrected chi connectivity index (χ1v) is 31.5. The van der Waals surface area contributed by atoms with Gasteiger partial charge in [0.2, 0.25) is 11.8 Å². The van der Waals surface area contributed by atoms with Crippen LogP contribution in [0.1, 0.15) is 79.6 Å². The SMILES string of the molecule is CCCCCCCCO[C@H]1O[C@H](CO)[C@H](O)[C@H](O[C@@H]2O[C@H](CO)[C@H](O)[C@H](O[C@@H]3O[C@H](COS(=O)(=O)O)[C@@H](O[C@@H]4O[C@H](CO)[C@@H](O)[C@H](O[C@]5(C(=O)O)C[C@H](O)[C@@H](N=C(C)[O-])[C@H]([C@H](O)[C@H](O)CO)O5)[C@H]4O)[C@H](O[C@@H]4O[C@@H](C)[C@@H](O)[C@@H](O)[C@@H]4O)[C@H]3NC(C)=O)[C@H]2O)[C@H]1NC(C)=O.[Na+]. The van der Waals surface area contributed by atoms with Gasteiger partial charge in [-0.3, -0.25) is 19.1 Å². The Morgan fingerprint density at radius 1 is 0.617 bits per heavy atom. The maximum absolute atomic E-state index is 13.4. The molecule has 6 rings (SSSR count). The van der Waals surface area contributed by atoms with E-state index in [-0.39, 0.29) is 36.2 Å². The second-order valence-corrected chi connectivity index (χ2v) is 24.5. The number of carboxylic acids is 1. The third-order valence-electron chi connectivity index (χ3n) is 16.5. The van der Waals surface area contributed by atoms with Crippen molar-refractivity contribution in [2.75, 3.05) is 39.6 Å². The molecule has 2 amide bonds. The van der Waals surface area contributed by atoms with Crippen LogP contribution in [0.15, 0.2) is 4.99 Å². The summed E-state index contributed by atoms with van der Waals surface area (Å²) >= 11 is 0. The number of hydrogen-bond donors (Lipinski definition) is 19. The van der Waals surface area contributed by atoms with Crippen LogP contribution in [0.2, 0.25) is 0 Å². The minimum atomic E-state index is -5.59. The number of carbonyl (C=O) groups is 3. The predicted octanol–water partition coefficient (Wildman–Crippen LogP) is -13.6. The molecule has 0 bridgehead atoms. The summed E-state index contributed by atoms with van der Waals surface area (Å²) in [6.45, 7) is 0.286. The summed E-state index contributed by atoms with van der Waals surface area (Å²) in [6.07, 6.45) is -53.5. The van der Waals surface area contributed by atoms with E-state index in [0.29, 0.717) is 6.42 Å². The fraction of sp³-hybridized carbons (Fsp3) is 0.925. The summed E-state index contributed by atoms with van der Waals surface area (Å²) in [5.41, 5.74) is 0. The van der Waals surface area contributed by atoms with Crippen LogP contribution in [0.5, 0.6) is 0 Å². The number of aliphatic hydroxyl groups is 15. The van der Waals surface area contributed by atoms with E-state index in [2.05, 4.69) is 22.5 Å². The van der Waals surface area contributed by atoms with Gasteiger partial charge in [0.25, 0.3) is 5.79 Å². The maximum Gasteiger partial charge on any atom is 1.00 e. The topological polar surface area (TPSA) is 609 Å². The van der Waals surface area contributed by atoms with Gasteiger partial charge >= 0.3 is 45.9 Å². The fourth-order valence-electron chi connectivity index (χ4n) is 11.6. The molecule has 540 valence electrons. The predicted molar refractivity (Wildman–Crippen MR) is 297 cm³/mol. The fourth-order valence-corrected chi connectivity index (χ4v) is 12.0. The molecule has 0 aromatic heterocycles. The molecule has 31 atom stereocenters. The van der Waals surface area contributed by atoms with E-state index in [1.54, 1.807) is 0 Å². The summed E-state index contributed by atoms with van der Waals surface area (Å²) in [5, 5.41) is 194. The van der Waals surface area contributed by atoms with Crippen LogP contribution in [0.4, 0.5) is 0 Å². The molecule has 6 aliphatic heterocycles. The molecule has 6 heterocycles. The van der Waals surface area contributed by atoms with Crippen molar-refractivity contribution < 1.29 is 205 Å². The van der Waals surface area contributed by atoms with Gasteiger partial charge in [0.15, 0.2) is 31.5 Å². The van der Waals surface area contributed by atoms with Crippen LogP contribution >= 0.6 is 0 Å². The summed E-state index contributed by atoms with van der Waals surface area (Å²) in [5.74, 6) is -8.30. The molecule has 0 aromatic rings. The number of rotatable bonds is 31. The summed E-state index contributed by atoms with van der Waals surface area (Å²) in [4.78, 5) is 43.1. The molecule has 6 fully saturated rings. The Hall–Kier alpha value is -2.33. The van der Waals surface area contributed by atoms with Crippen molar-refractivity contribution in [2.45, 2.75) is 269 Å². The number of aliphatic hydroxyl groups excluding tert-OH is 15. The van der Waals surface area contributed by atoms with Crippen LogP contribution in [0.3, 0.4) is 0 Å². The Labute approximate surface area is 560 Å². The van der Waals surface area contributed by atoms with E-state index in [0.717, 1.165) is 52.9 Å². The van der Waals surface area contributed by atoms with Gasteiger partial charge in [-0.05, 0) is 26.2 Å². The van der Waals surface area contributed by atoms with Gasteiger partial charge in [0, 0.05) is 26.9 Å². The molecule has 94 heavy (non-hydrogen) atoms. The zero-order valence-electron chi connectivity index (χ0n) is 52.2. The molecule has 0 aliphatic carbocycles. The van der Waals surface area contributed by atoms with Gasteiger partial charge in [-0.15, -0.1) is 0 Å². The maximum atomic E-state index is 13.4. The Bertz CT molecular complexity index is 2500. The first-order chi connectivity index (χ1) is 43.8. The van der Waals surface area contributed by atoms with Crippen molar-refractivity contribution in [1.29, 1.82) is 0 Å². The number of nitrogens with one attached hydrogen (secondary N) is 2. The third kappa shape index (κ3) is 20.5. The molecule has 0 spiro atoms. The molecule has 39 nitrogen and oxygen atoms in total. The molecule has 0 saturated carbocycles. The standard InChI is InChI=1S/C53H91N3O36S.Na/c1-6-7-8-9-10-11-12-80-47-30(55-21(4)62)42(34(68)25(15-58)83-47)88-50-39(73)45(35(69)26(16-59)84-50)90-48-31(56-22(5)63)44(89-49-38(72)37(71)32(66)19(2)82-49)41(28(86-48)18-81-93(77,78)79)87-51-40(74)46(36(70)27(17-60)85-51)92-53(52(75)76)13-23(64)29(54-20(3)61)43(91-53)33(67)24(65)14-57;/h19,23-51,57-60,64-74H,6-18H2,1-5H3,(H,54,61)(H,55,62)(H,56,63)(H,75,76)(H,77,78,79);/q;+1/p-1/t19-,23-,24+,25+,26+,27+,28+,29+,30+,31+,32+,33+,34-,35-,36+,37+,38-,39+,40+,41+,42+,43+,44+,45-,46-,47-,48-,49-,50-,51-,53-;/m0./s1. The van der Waals surface area contributed by atoms with Gasteiger partial charge in [-0.25, -0.2) is 8.98 Å². The summed E-state index contributed by atoms with van der Waals surface area (Å²) < 4.78 is 111. The summed E-state index contributed by atoms with van der Waals surface area (Å²) in [7, 11) is -5.59. The first kappa shape index (κ1) is 82.3. The van der Waals surface area contributed by atoms with Gasteiger partial charge in [0.05, 0.1) is 45.2 Å². The van der Waals surface area contributed by atoms with E-state index in [4.69, 9.17) is 61.0 Å². The Balaban J connectivity index is 0.0000160. The molecular formula is C53H90N3NaO36S. The molecule has 0 aromatic carbocycles. The first-order valence-electron chi connectivity index (χ1n) is 30.2. The number of carboxylic acid groups (broad SMARTS) is 1. The molecule has 41 heteroatoms. The van der Waals surface area contributed by atoms with Crippen LogP contribution in [-0.4, -0.2) is 348 Å². The number of amides is 2. The van der Waals surface area contributed by atoms with Crippen molar-refractivity contribution in [3.63, 3.8) is 0 Å². The van der Waals surface area contributed by atoms with Crippen molar-refractivity contribution >= 4 is 34.1 Å². The second kappa shape index (κ2) is 36.8. The molecule has 0 radical (unpaired) electrons. The monoisotopic (exact) mass is 1400 g/mol. The third-order valence-corrected chi connectivity index (χ3v) is 16.9. The van der Waals surface area contributed by atoms with Gasteiger partial charge in [-0.2, -0.15) is 8.42 Å². The smallest absolute Gasteiger partial charge is 0.862 e. The van der Waals surface area contributed by atoms with E-state index in [1.807, 2.05) is 0 Å². The van der Waals surface area contributed by atoms with Gasteiger partial charge < -0.3 is 154 Å². The number of unbranched alkanes of at least 4 members (excludes halogenated alkanes) is 5. The molecule has 19 N–H and O–H groups in total. The quantitative estimate of drug-likeness (QED) is 0.0101. The Morgan fingerprint density at radius 2 is 1.10 bits per heavy atom. The van der Waals surface area contributed by atoms with E-state index in [1.165, 1.54) is 6.92 Å². The van der Waals surface area contributed by atoms with E-state index in [9.17, 15) is 114 Å². The van der Waals surface area contributed by atoms with Crippen LogP contribution in [0.25, 0.3) is 0 Å². The normalized spacial score (nSPS) is 42.2. The number of nitrogens with zero attached hydrogens (tertiary/aromatic N) is 1. The van der Waals surface area contributed by atoms with E-state index >= 15 is 0 Å². The number of carbonyl (C=O) groups excluding carboxylic acids is 2. The van der Waals surface area contributed by atoms with Crippen LogP contribution < -0.4 is 45.3 Å². The Morgan fingerprint density at radius 3 is 1.63 bits per heavy atom. The van der Waals surface area contributed by atoms with Crippen molar-refractivity contribution in [3.8, 4) is 0 Å². The minimum Gasteiger partial charge on any atom is -0.862 e. The van der Waals surface area contributed by atoms with Crippen LogP contribution in [0, 0.1) is 0 Å². The van der Waals surface area contributed by atoms with Crippen LogP contribution in [-0.2, 0) is 85.8 Å². The molecular weight excluding hydrogens is 1310 g/mol. The molecule has 6 aliphatic rings. The van der Waals surface area contributed by atoms with Gasteiger partial charge in [0.1, 0.15) is 140 Å². The van der Waals surface area contributed by atoms with Crippen molar-refractivity contribution in [3.05, 3.63) is 0 Å².